The fraction of sp³-hybridized carbons (Fsp3) is 0.192. The summed E-state index contributed by atoms with van der Waals surface area (Å²) in [6.45, 7) is 0.853. The highest BCUT2D eigenvalue weighted by molar-refractivity contribution is 7.91. The minimum Gasteiger partial charge on any atom is -0.472 e. The highest BCUT2D eigenvalue weighted by Crippen LogP contribution is 2.30. The Morgan fingerprint density at radius 1 is 1.00 bits per heavy atom. The number of carbonyl (C=O) groups is 1. The number of hydrogen-bond donors (Lipinski definition) is 0. The maximum atomic E-state index is 12.8. The van der Waals surface area contributed by atoms with Gasteiger partial charge in [-0.05, 0) is 35.4 Å². The molecular formula is C26H23N3O5S. The van der Waals surface area contributed by atoms with Crippen molar-refractivity contribution in [2.24, 2.45) is 0 Å². The number of sulfone groups is 1. The summed E-state index contributed by atoms with van der Waals surface area (Å²) < 4.78 is 36.6. The Morgan fingerprint density at radius 2 is 1.77 bits per heavy atom. The first-order valence-electron chi connectivity index (χ1n) is 11.1. The Bertz CT molecular complexity index is 1510. The fourth-order valence-electron chi connectivity index (χ4n) is 4.04. The average molecular weight is 490 g/mol. The van der Waals surface area contributed by atoms with Crippen molar-refractivity contribution in [1.82, 2.24) is 9.97 Å². The Kier molecular flexibility index (Phi) is 6.08. The Hall–Kier alpha value is -3.98. The predicted molar refractivity (Wildman–Crippen MR) is 131 cm³/mol. The Labute approximate surface area is 203 Å². The second kappa shape index (κ2) is 9.34. The molecule has 5 rings (SSSR count). The van der Waals surface area contributed by atoms with Gasteiger partial charge in [0.25, 0.3) is 0 Å². The molecule has 1 aromatic heterocycles. The van der Waals surface area contributed by atoms with Crippen LogP contribution >= 0.6 is 0 Å². The maximum Gasteiger partial charge on any atom is 0.337 e. The molecule has 0 N–H and O–H groups in total. The van der Waals surface area contributed by atoms with Crippen LogP contribution in [0.15, 0.2) is 77.7 Å². The number of fused-ring (bicyclic) bond motifs is 2. The first-order valence-corrected chi connectivity index (χ1v) is 12.7. The van der Waals surface area contributed by atoms with Crippen LogP contribution in [-0.4, -0.2) is 43.8 Å². The molecule has 8 nitrogen and oxygen atoms in total. The van der Waals surface area contributed by atoms with Crippen molar-refractivity contribution in [3.63, 3.8) is 0 Å². The summed E-state index contributed by atoms with van der Waals surface area (Å²) in [5.74, 6) is 0.144. The van der Waals surface area contributed by atoms with Gasteiger partial charge in [-0.1, -0.05) is 48.5 Å². The first kappa shape index (κ1) is 22.8. The van der Waals surface area contributed by atoms with Gasteiger partial charge in [-0.25, -0.2) is 18.2 Å². The van der Waals surface area contributed by atoms with Crippen LogP contribution < -0.4 is 9.64 Å². The van der Waals surface area contributed by atoms with E-state index in [1.54, 1.807) is 30.3 Å². The van der Waals surface area contributed by atoms with Crippen molar-refractivity contribution in [2.45, 2.75) is 18.0 Å². The minimum atomic E-state index is -3.42. The van der Waals surface area contributed by atoms with Gasteiger partial charge in [0.1, 0.15) is 6.61 Å². The van der Waals surface area contributed by atoms with E-state index in [9.17, 15) is 13.2 Å². The van der Waals surface area contributed by atoms with E-state index in [2.05, 4.69) is 4.98 Å². The Balaban J connectivity index is 1.57. The van der Waals surface area contributed by atoms with Gasteiger partial charge in [0.05, 0.1) is 34.2 Å². The van der Waals surface area contributed by atoms with Crippen LogP contribution in [-0.2, 0) is 27.7 Å². The number of ether oxygens (including phenoxy) is 2. The number of hydrogen-bond acceptors (Lipinski definition) is 8. The molecule has 0 aliphatic carbocycles. The zero-order chi connectivity index (χ0) is 24.4. The Morgan fingerprint density at radius 3 is 2.57 bits per heavy atom. The topological polar surface area (TPSA) is 98.7 Å². The number of carbonyl (C=O) groups excluding carboxylic acids is 1. The van der Waals surface area contributed by atoms with Crippen molar-refractivity contribution >= 4 is 32.7 Å². The molecule has 0 atom stereocenters. The molecule has 1 aliphatic heterocycles. The molecule has 0 spiro atoms. The summed E-state index contributed by atoms with van der Waals surface area (Å²) >= 11 is 0. The number of benzene rings is 3. The quantitative estimate of drug-likeness (QED) is 0.391. The van der Waals surface area contributed by atoms with Crippen LogP contribution in [0.4, 0.5) is 5.95 Å². The number of aromatic nitrogens is 2. The van der Waals surface area contributed by atoms with Crippen LogP contribution in [0.25, 0.3) is 10.9 Å². The monoisotopic (exact) mass is 489 g/mol. The summed E-state index contributed by atoms with van der Waals surface area (Å²) in [4.78, 5) is 23.7. The number of methoxy groups -OCH3 is 1. The lowest BCUT2D eigenvalue weighted by Gasteiger charge is -2.21. The molecule has 0 radical (unpaired) electrons. The van der Waals surface area contributed by atoms with Gasteiger partial charge in [0.15, 0.2) is 9.84 Å². The zero-order valence-electron chi connectivity index (χ0n) is 19.0. The summed E-state index contributed by atoms with van der Waals surface area (Å²) in [6, 6.07) is 21.7. The smallest absolute Gasteiger partial charge is 0.337 e. The molecule has 4 aromatic rings. The number of anilines is 1. The highest BCUT2D eigenvalue weighted by atomic mass is 32.2. The van der Waals surface area contributed by atoms with E-state index < -0.39 is 15.8 Å². The molecule has 0 amide bonds. The van der Waals surface area contributed by atoms with Gasteiger partial charge in [0, 0.05) is 13.1 Å². The van der Waals surface area contributed by atoms with Crippen molar-refractivity contribution in [2.75, 3.05) is 24.3 Å². The fourth-order valence-corrected chi connectivity index (χ4v) is 5.54. The summed E-state index contributed by atoms with van der Waals surface area (Å²) in [5.41, 5.74) is 2.59. The highest BCUT2D eigenvalue weighted by Gasteiger charge is 2.27. The third kappa shape index (κ3) is 4.67. The lowest BCUT2D eigenvalue weighted by Crippen LogP contribution is -2.27. The van der Waals surface area contributed by atoms with E-state index in [-0.39, 0.29) is 18.9 Å². The van der Waals surface area contributed by atoms with Crippen molar-refractivity contribution in [1.29, 1.82) is 0 Å². The summed E-state index contributed by atoms with van der Waals surface area (Å²) in [5, 5.41) is 0.565. The third-order valence-corrected chi connectivity index (χ3v) is 7.66. The van der Waals surface area contributed by atoms with Crippen LogP contribution in [0, 0.1) is 0 Å². The largest absolute Gasteiger partial charge is 0.472 e. The molecule has 0 saturated heterocycles. The molecule has 0 bridgehead atoms. The molecule has 0 unspecified atom stereocenters. The van der Waals surface area contributed by atoms with E-state index in [0.29, 0.717) is 45.3 Å². The van der Waals surface area contributed by atoms with Crippen molar-refractivity contribution in [3.05, 3.63) is 89.5 Å². The zero-order valence-corrected chi connectivity index (χ0v) is 19.9. The molecular weight excluding hydrogens is 466 g/mol. The van der Waals surface area contributed by atoms with Gasteiger partial charge < -0.3 is 14.4 Å². The van der Waals surface area contributed by atoms with Crippen molar-refractivity contribution < 1.29 is 22.7 Å². The molecule has 2 heterocycles. The average Bonchev–Trinajstić information content (AvgIpc) is 3.02. The van der Waals surface area contributed by atoms with Gasteiger partial charge in [-0.2, -0.15) is 4.98 Å². The third-order valence-electron chi connectivity index (χ3n) is 5.87. The minimum absolute atomic E-state index is 0.0487. The van der Waals surface area contributed by atoms with E-state index >= 15 is 0 Å². The molecule has 0 saturated carbocycles. The SMILES string of the molecule is COC(=O)c1ccc2nc(N3CCS(=O)(=O)c4ccccc4C3)nc(OCc3ccccc3)c2c1. The first-order chi connectivity index (χ1) is 16.9. The molecule has 9 heteroatoms. The second-order valence-corrected chi connectivity index (χ2v) is 10.3. The summed E-state index contributed by atoms with van der Waals surface area (Å²) in [6.07, 6.45) is 0. The number of esters is 1. The lowest BCUT2D eigenvalue weighted by molar-refractivity contribution is 0.0601. The van der Waals surface area contributed by atoms with E-state index in [1.807, 2.05) is 47.4 Å². The van der Waals surface area contributed by atoms with E-state index in [0.717, 1.165) is 5.56 Å². The van der Waals surface area contributed by atoms with E-state index in [1.165, 1.54) is 7.11 Å². The number of nitrogens with zero attached hydrogens (tertiary/aromatic N) is 3. The molecule has 178 valence electrons. The van der Waals surface area contributed by atoms with Crippen LogP contribution in [0.3, 0.4) is 0 Å². The predicted octanol–water partition coefficient (Wildman–Crippen LogP) is 3.79. The van der Waals surface area contributed by atoms with Crippen LogP contribution in [0.1, 0.15) is 21.5 Å². The molecule has 0 fully saturated rings. The summed E-state index contributed by atoms with van der Waals surface area (Å²) in [7, 11) is -2.09. The number of rotatable bonds is 5. The molecule has 3 aromatic carbocycles. The molecule has 1 aliphatic rings. The maximum absolute atomic E-state index is 12.8. The van der Waals surface area contributed by atoms with Gasteiger partial charge in [0.2, 0.25) is 11.8 Å². The molecule has 35 heavy (non-hydrogen) atoms. The van der Waals surface area contributed by atoms with Crippen LogP contribution in [0.5, 0.6) is 5.88 Å². The van der Waals surface area contributed by atoms with Crippen molar-refractivity contribution in [3.8, 4) is 5.88 Å². The van der Waals surface area contributed by atoms with Gasteiger partial charge >= 0.3 is 5.97 Å². The van der Waals surface area contributed by atoms with E-state index in [4.69, 9.17) is 14.5 Å². The van der Waals surface area contributed by atoms with Gasteiger partial charge in [-0.15, -0.1) is 0 Å². The van der Waals surface area contributed by atoms with Crippen LogP contribution in [0.2, 0.25) is 0 Å². The van der Waals surface area contributed by atoms with Gasteiger partial charge in [-0.3, -0.25) is 0 Å². The lowest BCUT2D eigenvalue weighted by atomic mass is 10.1. The normalized spacial score (nSPS) is 14.7. The second-order valence-electron chi connectivity index (χ2n) is 8.17. The standard InChI is InChI=1S/C26H23N3O5S/c1-33-25(30)19-11-12-22-21(15-19)24(34-17-18-7-3-2-4-8-18)28-26(27-22)29-13-14-35(31,32)23-10-6-5-9-20(23)16-29/h2-12,15H,13-14,16-17H2,1H3.